The van der Waals surface area contributed by atoms with Gasteiger partial charge in [-0.15, -0.1) is 5.10 Å². The van der Waals surface area contributed by atoms with E-state index in [0.29, 0.717) is 17.8 Å². The van der Waals surface area contributed by atoms with E-state index >= 15 is 0 Å². The fourth-order valence-corrected chi connectivity index (χ4v) is 3.33. The third-order valence-corrected chi connectivity index (χ3v) is 5.09. The molecule has 0 saturated carbocycles. The fourth-order valence-electron chi connectivity index (χ4n) is 3.06. The molecule has 28 heavy (non-hydrogen) atoms. The van der Waals surface area contributed by atoms with Crippen molar-refractivity contribution in [3.05, 3.63) is 106 Å². The predicted molar refractivity (Wildman–Crippen MR) is 113 cm³/mol. The van der Waals surface area contributed by atoms with Crippen LogP contribution in [0.4, 0.5) is 0 Å². The molecule has 0 fully saturated rings. The van der Waals surface area contributed by atoms with Crippen LogP contribution >= 0.6 is 15.9 Å². The number of nitrogens with zero attached hydrogens (tertiary/aromatic N) is 3. The highest BCUT2D eigenvalue weighted by molar-refractivity contribution is 9.10. The molecule has 0 saturated heterocycles. The van der Waals surface area contributed by atoms with Gasteiger partial charge in [0.2, 0.25) is 5.78 Å². The Kier molecular flexibility index (Phi) is 5.17. The van der Waals surface area contributed by atoms with Gasteiger partial charge in [0.1, 0.15) is 5.69 Å². The SMILES string of the molecule is Cc1ccc(Cn2nnc(C(=O)c3ccccc3)c2-c2ccc(Br)cc2)cc1. The number of aromatic nitrogens is 3. The quantitative estimate of drug-likeness (QED) is 0.403. The molecule has 138 valence electrons. The van der Waals surface area contributed by atoms with Crippen molar-refractivity contribution in [2.45, 2.75) is 13.5 Å². The second-order valence-corrected chi connectivity index (χ2v) is 7.55. The Morgan fingerprint density at radius 3 is 2.29 bits per heavy atom. The number of benzene rings is 3. The van der Waals surface area contributed by atoms with E-state index in [0.717, 1.165) is 21.3 Å². The largest absolute Gasteiger partial charge is 0.287 e. The first-order valence-electron chi connectivity index (χ1n) is 8.96. The molecule has 5 heteroatoms. The summed E-state index contributed by atoms with van der Waals surface area (Å²) in [7, 11) is 0. The summed E-state index contributed by atoms with van der Waals surface area (Å²) in [4.78, 5) is 13.1. The number of carbonyl (C=O) groups excluding carboxylic acids is 1. The van der Waals surface area contributed by atoms with E-state index in [9.17, 15) is 4.79 Å². The molecule has 0 aliphatic carbocycles. The van der Waals surface area contributed by atoms with Gasteiger partial charge >= 0.3 is 0 Å². The zero-order valence-corrected chi connectivity index (χ0v) is 16.9. The molecule has 0 atom stereocenters. The topological polar surface area (TPSA) is 47.8 Å². The summed E-state index contributed by atoms with van der Waals surface area (Å²) < 4.78 is 2.77. The van der Waals surface area contributed by atoms with Gasteiger partial charge in [-0.1, -0.05) is 93.4 Å². The lowest BCUT2D eigenvalue weighted by molar-refractivity contribution is 0.103. The number of hydrogen-bond donors (Lipinski definition) is 0. The third kappa shape index (κ3) is 3.80. The van der Waals surface area contributed by atoms with Crippen LogP contribution in [0.1, 0.15) is 27.2 Å². The van der Waals surface area contributed by atoms with Crippen molar-refractivity contribution in [1.82, 2.24) is 15.0 Å². The van der Waals surface area contributed by atoms with E-state index < -0.39 is 0 Å². The molecule has 0 spiro atoms. The van der Waals surface area contributed by atoms with Gasteiger partial charge in [0.05, 0.1) is 6.54 Å². The summed E-state index contributed by atoms with van der Waals surface area (Å²) in [6.07, 6.45) is 0. The van der Waals surface area contributed by atoms with Crippen LogP contribution in [0.15, 0.2) is 83.3 Å². The van der Waals surface area contributed by atoms with Crippen LogP contribution in [-0.2, 0) is 6.54 Å². The zero-order valence-electron chi connectivity index (χ0n) is 15.3. The van der Waals surface area contributed by atoms with Crippen LogP contribution in [0.3, 0.4) is 0 Å². The van der Waals surface area contributed by atoms with E-state index in [4.69, 9.17) is 0 Å². The van der Waals surface area contributed by atoms with Gasteiger partial charge < -0.3 is 0 Å². The molecule has 3 aromatic carbocycles. The van der Waals surface area contributed by atoms with Crippen molar-refractivity contribution in [2.24, 2.45) is 0 Å². The number of aryl methyl sites for hydroxylation is 1. The summed E-state index contributed by atoms with van der Waals surface area (Å²) in [5.74, 6) is -0.131. The minimum Gasteiger partial charge on any atom is -0.287 e. The molecule has 4 rings (SSSR count). The van der Waals surface area contributed by atoms with E-state index in [2.05, 4.69) is 57.4 Å². The van der Waals surface area contributed by atoms with Gasteiger partial charge in [-0.3, -0.25) is 4.79 Å². The first kappa shape index (κ1) is 18.3. The molecule has 1 heterocycles. The predicted octanol–water partition coefficient (Wildman–Crippen LogP) is 5.30. The van der Waals surface area contributed by atoms with Gasteiger partial charge in [0.15, 0.2) is 5.69 Å². The van der Waals surface area contributed by atoms with Crippen molar-refractivity contribution in [2.75, 3.05) is 0 Å². The maximum absolute atomic E-state index is 13.1. The molecule has 0 aliphatic heterocycles. The molecule has 0 amide bonds. The highest BCUT2D eigenvalue weighted by Crippen LogP contribution is 2.26. The van der Waals surface area contributed by atoms with Crippen molar-refractivity contribution in [3.63, 3.8) is 0 Å². The second kappa shape index (κ2) is 7.90. The van der Waals surface area contributed by atoms with Crippen molar-refractivity contribution < 1.29 is 4.79 Å². The minimum absolute atomic E-state index is 0.131. The zero-order chi connectivity index (χ0) is 19.5. The normalized spacial score (nSPS) is 10.8. The summed E-state index contributed by atoms with van der Waals surface area (Å²) in [5.41, 5.74) is 4.90. The van der Waals surface area contributed by atoms with Gasteiger partial charge in [-0.2, -0.15) is 0 Å². The van der Waals surface area contributed by atoms with E-state index in [1.165, 1.54) is 5.56 Å². The van der Waals surface area contributed by atoms with Crippen LogP contribution in [0.25, 0.3) is 11.3 Å². The average molecular weight is 432 g/mol. The maximum atomic E-state index is 13.1. The summed E-state index contributed by atoms with van der Waals surface area (Å²) in [6.45, 7) is 2.60. The molecule has 0 unspecified atom stereocenters. The van der Waals surface area contributed by atoms with Crippen LogP contribution in [0, 0.1) is 6.92 Å². The van der Waals surface area contributed by atoms with Crippen molar-refractivity contribution in [3.8, 4) is 11.3 Å². The smallest absolute Gasteiger partial charge is 0.215 e. The number of ketones is 1. The van der Waals surface area contributed by atoms with Crippen LogP contribution in [-0.4, -0.2) is 20.8 Å². The molecule has 0 bridgehead atoms. The Hall–Kier alpha value is -3.05. The molecule has 4 nitrogen and oxygen atoms in total. The van der Waals surface area contributed by atoms with Gasteiger partial charge in [0.25, 0.3) is 0 Å². The molecule has 0 aliphatic rings. The monoisotopic (exact) mass is 431 g/mol. The first-order valence-corrected chi connectivity index (χ1v) is 9.76. The van der Waals surface area contributed by atoms with Crippen LogP contribution in [0.5, 0.6) is 0 Å². The Bertz CT molecular complexity index is 1100. The highest BCUT2D eigenvalue weighted by atomic mass is 79.9. The van der Waals surface area contributed by atoms with Crippen molar-refractivity contribution in [1.29, 1.82) is 0 Å². The maximum Gasteiger partial charge on any atom is 0.215 e. The van der Waals surface area contributed by atoms with Crippen molar-refractivity contribution >= 4 is 21.7 Å². The number of carbonyl (C=O) groups is 1. The Morgan fingerprint density at radius 2 is 1.61 bits per heavy atom. The van der Waals surface area contributed by atoms with E-state index in [-0.39, 0.29) is 5.78 Å². The van der Waals surface area contributed by atoms with Crippen LogP contribution < -0.4 is 0 Å². The molecular formula is C23H18BrN3O. The third-order valence-electron chi connectivity index (χ3n) is 4.56. The lowest BCUT2D eigenvalue weighted by Crippen LogP contribution is -2.07. The van der Waals surface area contributed by atoms with Crippen LogP contribution in [0.2, 0.25) is 0 Å². The standard InChI is InChI=1S/C23H18BrN3O/c1-16-7-9-17(10-8-16)15-27-22(18-11-13-20(24)14-12-18)21(25-26-27)23(28)19-5-3-2-4-6-19/h2-14H,15H2,1H3. The van der Waals surface area contributed by atoms with Gasteiger partial charge in [-0.25, -0.2) is 4.68 Å². The molecule has 4 aromatic rings. The van der Waals surface area contributed by atoms with Gasteiger partial charge in [0, 0.05) is 15.6 Å². The van der Waals surface area contributed by atoms with E-state index in [1.807, 2.05) is 42.5 Å². The minimum atomic E-state index is -0.131. The summed E-state index contributed by atoms with van der Waals surface area (Å²) in [6, 6.07) is 25.3. The molecule has 0 N–H and O–H groups in total. The van der Waals surface area contributed by atoms with Gasteiger partial charge in [-0.05, 0) is 24.6 Å². The Morgan fingerprint density at radius 1 is 0.929 bits per heavy atom. The average Bonchev–Trinajstić information content (AvgIpc) is 3.14. The summed E-state index contributed by atoms with van der Waals surface area (Å²) >= 11 is 3.47. The van der Waals surface area contributed by atoms with E-state index in [1.54, 1.807) is 16.8 Å². The molecular weight excluding hydrogens is 414 g/mol. The lowest BCUT2D eigenvalue weighted by Gasteiger charge is -2.09. The Labute approximate surface area is 172 Å². The first-order chi connectivity index (χ1) is 13.6. The lowest BCUT2D eigenvalue weighted by atomic mass is 10.0. The molecule has 0 radical (unpaired) electrons. The summed E-state index contributed by atoms with van der Waals surface area (Å²) in [5, 5.41) is 8.57. The second-order valence-electron chi connectivity index (χ2n) is 6.63. The highest BCUT2D eigenvalue weighted by Gasteiger charge is 2.22. The number of halogens is 1. The molecule has 1 aromatic heterocycles. The Balaban J connectivity index is 1.80. The number of hydrogen-bond acceptors (Lipinski definition) is 3. The fraction of sp³-hybridized carbons (Fsp3) is 0.0870. The number of rotatable bonds is 5.